The molecule has 0 saturated carbocycles. The maximum atomic E-state index is 10.1. The van der Waals surface area contributed by atoms with Crippen LogP contribution in [0.25, 0.3) is 11.1 Å². The van der Waals surface area contributed by atoms with Crippen molar-refractivity contribution >= 4 is 11.1 Å². The van der Waals surface area contributed by atoms with E-state index in [-0.39, 0.29) is 0 Å². The molecule has 4 rings (SSSR count). The van der Waals surface area contributed by atoms with Gasteiger partial charge in [0.1, 0.15) is 11.5 Å². The van der Waals surface area contributed by atoms with Gasteiger partial charge in [0.15, 0.2) is 0 Å². The molecular formula is C31H40O2. The van der Waals surface area contributed by atoms with E-state index in [1.807, 2.05) is 27.7 Å². The van der Waals surface area contributed by atoms with Crippen molar-refractivity contribution < 1.29 is 10.2 Å². The van der Waals surface area contributed by atoms with Gasteiger partial charge in [-0.1, -0.05) is 26.0 Å². The molecule has 2 aromatic rings. The zero-order chi connectivity index (χ0) is 23.9. The SMILES string of the molecule is Cc1cc(C2=CCC(C(C)(C)C3CC=C(c4cc(C)c(O)c(C)c4)CC3)CC2)cc(C)c1O. The predicted octanol–water partition coefficient (Wildman–Crippen LogP) is 8.42. The number of benzene rings is 2. The summed E-state index contributed by atoms with van der Waals surface area (Å²) < 4.78 is 0. The molecule has 2 atom stereocenters. The molecule has 0 spiro atoms. The van der Waals surface area contributed by atoms with Gasteiger partial charge in [0.2, 0.25) is 0 Å². The first kappa shape index (κ1) is 23.7. The topological polar surface area (TPSA) is 40.5 Å². The van der Waals surface area contributed by atoms with E-state index in [4.69, 9.17) is 0 Å². The predicted molar refractivity (Wildman–Crippen MR) is 140 cm³/mol. The lowest BCUT2D eigenvalue weighted by Crippen LogP contribution is -2.34. The van der Waals surface area contributed by atoms with Gasteiger partial charge in [0.25, 0.3) is 0 Å². The van der Waals surface area contributed by atoms with E-state index in [2.05, 4.69) is 50.3 Å². The van der Waals surface area contributed by atoms with Crippen molar-refractivity contribution in [3.8, 4) is 11.5 Å². The van der Waals surface area contributed by atoms with Crippen molar-refractivity contribution in [2.75, 3.05) is 0 Å². The molecule has 0 aromatic heterocycles. The van der Waals surface area contributed by atoms with Gasteiger partial charge in [0.05, 0.1) is 0 Å². The lowest BCUT2D eigenvalue weighted by molar-refractivity contribution is 0.0991. The van der Waals surface area contributed by atoms with Gasteiger partial charge in [-0.3, -0.25) is 0 Å². The van der Waals surface area contributed by atoms with Gasteiger partial charge in [-0.15, -0.1) is 0 Å². The normalized spacial score (nSPS) is 21.5. The molecule has 2 unspecified atom stereocenters. The van der Waals surface area contributed by atoms with Gasteiger partial charge in [-0.05, 0) is 152 Å². The molecular weight excluding hydrogens is 404 g/mol. The highest BCUT2D eigenvalue weighted by atomic mass is 16.3. The molecule has 176 valence electrons. The van der Waals surface area contributed by atoms with Crippen LogP contribution in [0.5, 0.6) is 11.5 Å². The molecule has 0 saturated heterocycles. The molecule has 33 heavy (non-hydrogen) atoms. The number of aromatic hydroxyl groups is 2. The maximum Gasteiger partial charge on any atom is 0.121 e. The minimum Gasteiger partial charge on any atom is -0.507 e. The number of rotatable bonds is 4. The van der Waals surface area contributed by atoms with Gasteiger partial charge >= 0.3 is 0 Å². The molecule has 2 nitrogen and oxygen atoms in total. The summed E-state index contributed by atoms with van der Waals surface area (Å²) in [6.07, 6.45) is 11.9. The number of hydrogen-bond donors (Lipinski definition) is 2. The maximum absolute atomic E-state index is 10.1. The standard InChI is InChI=1S/C31H40O2/c1-19-15-25(16-20(2)29(19)32)23-7-11-27(12-8-23)31(5,6)28-13-9-24(10-14-28)26-17-21(3)30(33)22(4)18-26/h7,9,15-18,27-28,32-33H,8,10-14H2,1-6H3. The smallest absolute Gasteiger partial charge is 0.121 e. The van der Waals surface area contributed by atoms with Gasteiger partial charge < -0.3 is 10.2 Å². The van der Waals surface area contributed by atoms with Crippen LogP contribution in [0.2, 0.25) is 0 Å². The Morgan fingerprint density at radius 1 is 0.636 bits per heavy atom. The van der Waals surface area contributed by atoms with Crippen LogP contribution in [0.15, 0.2) is 36.4 Å². The van der Waals surface area contributed by atoms with Crippen molar-refractivity contribution in [2.45, 2.75) is 80.1 Å². The number of hydrogen-bond acceptors (Lipinski definition) is 2. The summed E-state index contributed by atoms with van der Waals surface area (Å²) in [6, 6.07) is 8.55. The minimum atomic E-state index is 0.311. The Balaban J connectivity index is 1.46. The summed E-state index contributed by atoms with van der Waals surface area (Å²) >= 11 is 0. The Hall–Kier alpha value is -2.48. The van der Waals surface area contributed by atoms with Crippen LogP contribution in [0.3, 0.4) is 0 Å². The van der Waals surface area contributed by atoms with Crippen LogP contribution >= 0.6 is 0 Å². The highest BCUT2D eigenvalue weighted by Crippen LogP contribution is 2.49. The van der Waals surface area contributed by atoms with Crippen LogP contribution in [-0.4, -0.2) is 10.2 Å². The number of phenols is 2. The summed E-state index contributed by atoms with van der Waals surface area (Å²) in [5.41, 5.74) is 9.64. The second kappa shape index (κ2) is 9.05. The Labute approximate surface area is 200 Å². The summed E-state index contributed by atoms with van der Waals surface area (Å²) in [7, 11) is 0. The average molecular weight is 445 g/mol. The molecule has 2 heteroatoms. The molecule has 2 aromatic carbocycles. The van der Waals surface area contributed by atoms with Crippen LogP contribution < -0.4 is 0 Å². The molecule has 0 heterocycles. The quantitative estimate of drug-likeness (QED) is 0.497. The van der Waals surface area contributed by atoms with Crippen molar-refractivity contribution in [1.29, 1.82) is 0 Å². The lowest BCUT2D eigenvalue weighted by atomic mass is 9.61. The van der Waals surface area contributed by atoms with Crippen LogP contribution in [-0.2, 0) is 0 Å². The molecule has 2 aliphatic rings. The molecule has 0 bridgehead atoms. The van der Waals surface area contributed by atoms with Crippen LogP contribution in [0.4, 0.5) is 0 Å². The first-order valence-electron chi connectivity index (χ1n) is 12.6. The Morgan fingerprint density at radius 2 is 0.970 bits per heavy atom. The largest absolute Gasteiger partial charge is 0.507 e. The number of allylic oxidation sites excluding steroid dienone is 4. The summed E-state index contributed by atoms with van der Waals surface area (Å²) in [5, 5.41) is 20.2. The average Bonchev–Trinajstić information content (AvgIpc) is 2.80. The fraction of sp³-hybridized carbons (Fsp3) is 0.484. The van der Waals surface area contributed by atoms with E-state index < -0.39 is 0 Å². The Kier molecular flexibility index (Phi) is 6.49. The van der Waals surface area contributed by atoms with Crippen molar-refractivity contribution in [3.05, 3.63) is 69.8 Å². The highest BCUT2D eigenvalue weighted by molar-refractivity contribution is 5.70. The van der Waals surface area contributed by atoms with E-state index in [0.29, 0.717) is 28.7 Å². The fourth-order valence-electron chi connectivity index (χ4n) is 6.16. The number of aryl methyl sites for hydroxylation is 4. The molecule has 0 fully saturated rings. The van der Waals surface area contributed by atoms with Crippen LogP contribution in [0, 0.1) is 44.9 Å². The third kappa shape index (κ3) is 4.63. The zero-order valence-electron chi connectivity index (χ0n) is 21.3. The third-order valence-corrected chi connectivity index (χ3v) is 8.65. The van der Waals surface area contributed by atoms with E-state index in [0.717, 1.165) is 47.9 Å². The molecule has 2 N–H and O–H groups in total. The summed E-state index contributed by atoms with van der Waals surface area (Å²) in [4.78, 5) is 0. The highest BCUT2D eigenvalue weighted by Gasteiger charge is 2.38. The molecule has 2 aliphatic carbocycles. The summed E-state index contributed by atoms with van der Waals surface area (Å²) in [5.74, 6) is 2.27. The first-order chi connectivity index (χ1) is 15.6. The van der Waals surface area contributed by atoms with Crippen molar-refractivity contribution in [3.63, 3.8) is 0 Å². The minimum absolute atomic E-state index is 0.311. The Morgan fingerprint density at radius 3 is 1.24 bits per heavy atom. The van der Waals surface area contributed by atoms with E-state index >= 15 is 0 Å². The van der Waals surface area contributed by atoms with Crippen LogP contribution in [0.1, 0.15) is 85.8 Å². The molecule has 0 amide bonds. The fourth-order valence-corrected chi connectivity index (χ4v) is 6.16. The lowest BCUT2D eigenvalue weighted by Gasteiger charge is -2.44. The van der Waals surface area contributed by atoms with E-state index in [1.165, 1.54) is 35.1 Å². The first-order valence-corrected chi connectivity index (χ1v) is 12.6. The van der Waals surface area contributed by atoms with Gasteiger partial charge in [-0.25, -0.2) is 0 Å². The van der Waals surface area contributed by atoms with Crippen molar-refractivity contribution in [2.24, 2.45) is 17.3 Å². The second-order valence-corrected chi connectivity index (χ2v) is 11.1. The Bertz CT molecular complexity index is 982. The molecule has 0 radical (unpaired) electrons. The second-order valence-electron chi connectivity index (χ2n) is 11.1. The van der Waals surface area contributed by atoms with Gasteiger partial charge in [-0.2, -0.15) is 0 Å². The van der Waals surface area contributed by atoms with E-state index in [9.17, 15) is 10.2 Å². The number of phenolic OH excluding ortho intramolecular Hbond substituents is 2. The summed E-state index contributed by atoms with van der Waals surface area (Å²) in [6.45, 7) is 13.0. The van der Waals surface area contributed by atoms with Crippen molar-refractivity contribution in [1.82, 2.24) is 0 Å². The third-order valence-electron chi connectivity index (χ3n) is 8.65. The van der Waals surface area contributed by atoms with E-state index in [1.54, 1.807) is 0 Å². The monoisotopic (exact) mass is 444 g/mol. The zero-order valence-corrected chi connectivity index (χ0v) is 21.3. The van der Waals surface area contributed by atoms with Gasteiger partial charge in [0, 0.05) is 0 Å². The molecule has 0 aliphatic heterocycles.